The van der Waals surface area contributed by atoms with Crippen molar-refractivity contribution in [1.82, 2.24) is 28.8 Å². The molecule has 1 N–H and O–H groups in total. The number of benzene rings is 2. The number of amides is 1. The van der Waals surface area contributed by atoms with Crippen molar-refractivity contribution in [3.8, 4) is 11.4 Å². The van der Waals surface area contributed by atoms with Crippen molar-refractivity contribution >= 4 is 50.9 Å². The molecular weight excluding hydrogens is 570 g/mol. The van der Waals surface area contributed by atoms with E-state index in [1.165, 1.54) is 11.1 Å². The number of likely N-dealkylation sites (N-methyl/N-ethyl adjacent to an activating group) is 1. The van der Waals surface area contributed by atoms with Crippen LogP contribution in [0, 0.1) is 0 Å². The predicted molar refractivity (Wildman–Crippen MR) is 175 cm³/mol. The van der Waals surface area contributed by atoms with E-state index < -0.39 is 0 Å². The molecule has 6 heterocycles. The highest BCUT2D eigenvalue weighted by atomic mass is 16.5. The lowest BCUT2D eigenvalue weighted by Crippen LogP contribution is -2.44. The van der Waals surface area contributed by atoms with Crippen LogP contribution in [0.4, 0.5) is 23.0 Å². The van der Waals surface area contributed by atoms with E-state index in [0.717, 1.165) is 50.2 Å². The summed E-state index contributed by atoms with van der Waals surface area (Å²) < 4.78 is 11.4. The lowest BCUT2D eigenvalue weighted by molar-refractivity contribution is -0.121. The van der Waals surface area contributed by atoms with Gasteiger partial charge in [-0.1, -0.05) is 12.2 Å². The topological polar surface area (TPSA) is 106 Å². The Morgan fingerprint density at radius 1 is 0.911 bits per heavy atom. The van der Waals surface area contributed by atoms with Gasteiger partial charge in [0, 0.05) is 63.2 Å². The fourth-order valence-electron chi connectivity index (χ4n) is 6.61. The number of piperazine rings is 1. The molecular formula is C33H35N9O3. The molecule has 230 valence electrons. The standard InChI is InChI=1S/C33H35N9O3/c1-37-13-15-39(16-14-37)28-20-38(2)26-17-22(7-9-24(26)28)35-33-34-19-25-31(36-33)42-23-8-10-29-27(18-23)40(30(43)21-45-29)11-5-3-4-6-12-41(42)32(25)44/h4,6-10,17-20H,3,5,11-16,21H2,1-2H3,(H,34,35,36)/b6-4-. The van der Waals surface area contributed by atoms with Gasteiger partial charge in [0.2, 0.25) is 5.95 Å². The molecule has 0 spiro atoms. The average molecular weight is 606 g/mol. The van der Waals surface area contributed by atoms with Crippen molar-refractivity contribution in [3.05, 3.63) is 71.3 Å². The Kier molecular flexibility index (Phi) is 6.59. The van der Waals surface area contributed by atoms with Crippen LogP contribution in [0.15, 0.2) is 65.7 Å². The number of nitrogens with one attached hydrogen (secondary N) is 1. The summed E-state index contributed by atoms with van der Waals surface area (Å²) in [7, 11) is 4.24. The summed E-state index contributed by atoms with van der Waals surface area (Å²) in [4.78, 5) is 42.4. The average Bonchev–Trinajstić information content (AvgIpc) is 3.51. The first-order chi connectivity index (χ1) is 21.9. The van der Waals surface area contributed by atoms with E-state index >= 15 is 0 Å². The molecule has 3 aliphatic heterocycles. The van der Waals surface area contributed by atoms with Gasteiger partial charge in [-0.05, 0) is 56.3 Å². The van der Waals surface area contributed by atoms with Gasteiger partial charge in [-0.15, -0.1) is 0 Å². The molecule has 1 amide bonds. The molecule has 2 aromatic carbocycles. The van der Waals surface area contributed by atoms with Crippen LogP contribution in [0.2, 0.25) is 0 Å². The van der Waals surface area contributed by atoms with Crippen LogP contribution in [0.5, 0.6) is 5.75 Å². The fraction of sp³-hybridized carbons (Fsp3) is 0.333. The third-order valence-electron chi connectivity index (χ3n) is 9.07. The van der Waals surface area contributed by atoms with Crippen molar-refractivity contribution in [2.45, 2.75) is 19.4 Å². The van der Waals surface area contributed by atoms with Crippen LogP contribution in [0.3, 0.4) is 0 Å². The number of fused-ring (bicyclic) bond motifs is 6. The number of ether oxygens (including phenoxy) is 1. The van der Waals surface area contributed by atoms with Crippen molar-refractivity contribution < 1.29 is 9.53 Å². The Hall–Kier alpha value is -5.10. The highest BCUT2D eigenvalue weighted by Gasteiger charge is 2.27. The first kappa shape index (κ1) is 27.4. The number of nitrogens with zero attached hydrogens (tertiary/aromatic N) is 8. The molecule has 3 aromatic heterocycles. The highest BCUT2D eigenvalue weighted by molar-refractivity contribution is 5.98. The minimum absolute atomic E-state index is 0.0211. The monoisotopic (exact) mass is 605 g/mol. The molecule has 1 saturated heterocycles. The number of rotatable bonds is 3. The van der Waals surface area contributed by atoms with Crippen LogP contribution in [-0.2, 0) is 18.4 Å². The Labute approximate surface area is 259 Å². The van der Waals surface area contributed by atoms with Crippen molar-refractivity contribution in [3.63, 3.8) is 0 Å². The van der Waals surface area contributed by atoms with Gasteiger partial charge in [0.05, 0.1) is 29.1 Å². The van der Waals surface area contributed by atoms with Crippen molar-refractivity contribution in [1.29, 1.82) is 0 Å². The first-order valence-corrected chi connectivity index (χ1v) is 15.5. The quantitative estimate of drug-likeness (QED) is 0.311. The van der Waals surface area contributed by atoms with Crippen LogP contribution in [-0.4, -0.2) is 81.1 Å². The lowest BCUT2D eigenvalue weighted by Gasteiger charge is -2.33. The number of carbonyl (C=O) groups excluding carboxylic acids is 1. The van der Waals surface area contributed by atoms with E-state index in [-0.39, 0.29) is 18.1 Å². The molecule has 0 saturated carbocycles. The SMILES string of the molecule is CN1CCN(c2cn(C)c3cc(Nc4ncc5c(=O)n6n(c5n4)-c4ccc5c(c4)N(CCC/C=C\C6)C(=O)CO5)ccc23)CC1. The van der Waals surface area contributed by atoms with E-state index in [9.17, 15) is 9.59 Å². The molecule has 0 aliphatic carbocycles. The second kappa shape index (κ2) is 10.8. The minimum Gasteiger partial charge on any atom is -0.482 e. The van der Waals surface area contributed by atoms with E-state index in [0.29, 0.717) is 47.2 Å². The number of allylic oxidation sites excluding steroid dienone is 2. The lowest BCUT2D eigenvalue weighted by atomic mass is 10.1. The molecule has 5 aromatic rings. The zero-order valence-corrected chi connectivity index (χ0v) is 25.4. The van der Waals surface area contributed by atoms with E-state index in [4.69, 9.17) is 9.72 Å². The maximum absolute atomic E-state index is 13.6. The van der Waals surface area contributed by atoms with Gasteiger partial charge in [0.1, 0.15) is 11.1 Å². The molecule has 12 heteroatoms. The van der Waals surface area contributed by atoms with Crippen molar-refractivity contribution in [2.24, 2.45) is 7.05 Å². The third-order valence-corrected chi connectivity index (χ3v) is 9.07. The number of aromatic nitrogens is 5. The maximum atomic E-state index is 13.6. The summed E-state index contributed by atoms with van der Waals surface area (Å²) in [5.41, 5.74) is 4.93. The van der Waals surface area contributed by atoms with Gasteiger partial charge in [-0.2, -0.15) is 4.98 Å². The maximum Gasteiger partial charge on any atom is 0.278 e. The largest absolute Gasteiger partial charge is 0.482 e. The fourth-order valence-corrected chi connectivity index (χ4v) is 6.61. The molecule has 0 unspecified atom stereocenters. The zero-order valence-electron chi connectivity index (χ0n) is 25.4. The molecule has 0 radical (unpaired) electrons. The first-order valence-electron chi connectivity index (χ1n) is 15.5. The van der Waals surface area contributed by atoms with Crippen LogP contribution < -0.4 is 25.4 Å². The van der Waals surface area contributed by atoms with Gasteiger partial charge < -0.3 is 29.3 Å². The van der Waals surface area contributed by atoms with Crippen molar-refractivity contribution in [2.75, 3.05) is 61.5 Å². The number of hydrogen-bond acceptors (Lipinski definition) is 8. The number of hydrogen-bond donors (Lipinski definition) is 1. The van der Waals surface area contributed by atoms with Crippen LogP contribution >= 0.6 is 0 Å². The second-order valence-corrected chi connectivity index (χ2v) is 12.0. The van der Waals surface area contributed by atoms with Gasteiger partial charge in [-0.25, -0.2) is 14.3 Å². The van der Waals surface area contributed by atoms with E-state index in [2.05, 4.69) is 63.2 Å². The normalized spacial score (nSPS) is 18.0. The molecule has 3 aliphatic rings. The molecule has 0 atom stereocenters. The van der Waals surface area contributed by atoms with Gasteiger partial charge in [0.15, 0.2) is 12.3 Å². The number of carbonyl (C=O) groups is 1. The minimum atomic E-state index is -0.179. The number of aryl methyl sites for hydroxylation is 1. The van der Waals surface area contributed by atoms with Gasteiger partial charge in [-0.3, -0.25) is 9.59 Å². The highest BCUT2D eigenvalue weighted by Crippen LogP contribution is 2.36. The molecule has 1 fully saturated rings. The Morgan fingerprint density at radius 3 is 2.64 bits per heavy atom. The Morgan fingerprint density at radius 2 is 1.78 bits per heavy atom. The summed E-state index contributed by atoms with van der Waals surface area (Å²) in [6.45, 7) is 5.11. The molecule has 12 nitrogen and oxygen atoms in total. The van der Waals surface area contributed by atoms with E-state index in [1.807, 2.05) is 35.0 Å². The smallest absolute Gasteiger partial charge is 0.278 e. The molecule has 2 bridgehead atoms. The summed E-state index contributed by atoms with van der Waals surface area (Å²) in [5.74, 6) is 0.964. The number of anilines is 4. The zero-order chi connectivity index (χ0) is 30.7. The van der Waals surface area contributed by atoms with Crippen LogP contribution in [0.1, 0.15) is 12.8 Å². The third kappa shape index (κ3) is 4.72. The summed E-state index contributed by atoms with van der Waals surface area (Å²) in [6, 6.07) is 12.0. The van der Waals surface area contributed by atoms with Gasteiger partial charge >= 0.3 is 0 Å². The molecule has 8 rings (SSSR count). The van der Waals surface area contributed by atoms with Crippen LogP contribution in [0.25, 0.3) is 27.6 Å². The Bertz CT molecular complexity index is 2050. The second-order valence-electron chi connectivity index (χ2n) is 12.0. The summed E-state index contributed by atoms with van der Waals surface area (Å²) in [5, 5.41) is 5.00. The van der Waals surface area contributed by atoms with E-state index in [1.54, 1.807) is 15.8 Å². The Balaban J connectivity index is 1.19. The summed E-state index contributed by atoms with van der Waals surface area (Å²) >= 11 is 0. The van der Waals surface area contributed by atoms with Gasteiger partial charge in [0.25, 0.3) is 11.5 Å². The predicted octanol–water partition coefficient (Wildman–Crippen LogP) is 3.64. The molecule has 45 heavy (non-hydrogen) atoms. The summed E-state index contributed by atoms with van der Waals surface area (Å²) in [6.07, 6.45) is 9.46.